The molecule has 0 N–H and O–H groups in total. The quantitative estimate of drug-likeness (QED) is 0.667. The number of amides is 3. The number of likely N-dealkylation sites (tertiary alicyclic amines) is 1. The number of carbonyl (C=O) groups is 3. The Bertz CT molecular complexity index is 729. The van der Waals surface area contributed by atoms with E-state index >= 15 is 0 Å². The van der Waals surface area contributed by atoms with Gasteiger partial charge < -0.3 is 19.3 Å². The first-order chi connectivity index (χ1) is 13.4. The van der Waals surface area contributed by atoms with Crippen molar-refractivity contribution in [2.45, 2.75) is 59.2 Å². The average molecular weight is 390 g/mol. The van der Waals surface area contributed by atoms with Crippen LogP contribution >= 0.6 is 0 Å². The molecule has 0 radical (unpaired) electrons. The Hall–Kier alpha value is -2.38. The lowest BCUT2D eigenvalue weighted by molar-refractivity contribution is -0.155. The summed E-state index contributed by atoms with van der Waals surface area (Å²) in [6, 6.07) is -0.489. The van der Waals surface area contributed by atoms with Crippen LogP contribution in [0.4, 0.5) is 0 Å². The van der Waals surface area contributed by atoms with E-state index in [1.165, 1.54) is 0 Å². The number of nitrogens with zero attached hydrogens (tertiary/aromatic N) is 5. The molecule has 28 heavy (non-hydrogen) atoms. The van der Waals surface area contributed by atoms with Gasteiger partial charge in [0.1, 0.15) is 6.04 Å². The van der Waals surface area contributed by atoms with Gasteiger partial charge >= 0.3 is 0 Å². The van der Waals surface area contributed by atoms with Crippen LogP contribution in [0.1, 0.15) is 45.7 Å². The Labute approximate surface area is 166 Å². The number of imidazole rings is 1. The van der Waals surface area contributed by atoms with Gasteiger partial charge in [-0.15, -0.1) is 0 Å². The Morgan fingerprint density at radius 3 is 2.57 bits per heavy atom. The maximum Gasteiger partial charge on any atom is 0.245 e. The fourth-order valence-electron chi connectivity index (χ4n) is 3.96. The number of aromatic nitrogens is 2. The SMILES string of the molecule is CC(C)Cn1cncc1CN1C(=O)CN(CCCN2CCCC2=O)C(=O)[C@@H]1C. The summed E-state index contributed by atoms with van der Waals surface area (Å²) in [6.07, 6.45) is 5.80. The summed E-state index contributed by atoms with van der Waals surface area (Å²) in [4.78, 5) is 46.6. The molecular formula is C20H31N5O3. The largest absolute Gasteiger partial charge is 0.343 e. The lowest BCUT2D eigenvalue weighted by atomic mass is 10.1. The fraction of sp³-hybridized carbons (Fsp3) is 0.700. The molecule has 2 fully saturated rings. The third-order valence-corrected chi connectivity index (χ3v) is 5.50. The Morgan fingerprint density at radius 2 is 1.89 bits per heavy atom. The normalized spacial score (nSPS) is 20.8. The number of hydrogen-bond acceptors (Lipinski definition) is 4. The van der Waals surface area contributed by atoms with E-state index in [0.717, 1.165) is 25.2 Å². The topological polar surface area (TPSA) is 78.8 Å². The fourth-order valence-corrected chi connectivity index (χ4v) is 3.96. The Kier molecular flexibility index (Phi) is 6.36. The molecule has 0 bridgehead atoms. The number of piperazine rings is 1. The highest BCUT2D eigenvalue weighted by molar-refractivity contribution is 5.94. The third-order valence-electron chi connectivity index (χ3n) is 5.50. The first-order valence-electron chi connectivity index (χ1n) is 10.2. The molecule has 0 spiro atoms. The van der Waals surface area contributed by atoms with Crippen molar-refractivity contribution in [3.05, 3.63) is 18.2 Å². The zero-order chi connectivity index (χ0) is 20.3. The molecule has 1 atom stereocenters. The second kappa shape index (κ2) is 8.75. The molecule has 0 saturated carbocycles. The minimum atomic E-state index is -0.489. The van der Waals surface area contributed by atoms with Crippen molar-refractivity contribution in [3.63, 3.8) is 0 Å². The number of carbonyl (C=O) groups excluding carboxylic acids is 3. The van der Waals surface area contributed by atoms with Crippen molar-refractivity contribution in [2.75, 3.05) is 26.2 Å². The van der Waals surface area contributed by atoms with Crippen LogP contribution in [0.25, 0.3) is 0 Å². The zero-order valence-electron chi connectivity index (χ0n) is 17.1. The average Bonchev–Trinajstić information content (AvgIpc) is 3.24. The standard InChI is InChI=1S/C20H31N5O3/c1-15(2)11-24-14-21-10-17(24)12-25-16(3)20(28)23(13-19(25)27)9-5-8-22-7-4-6-18(22)26/h10,14-16H,4-9,11-13H2,1-3H3/t16-/m0/s1. The monoisotopic (exact) mass is 389 g/mol. The van der Waals surface area contributed by atoms with Gasteiger partial charge in [0.2, 0.25) is 17.7 Å². The highest BCUT2D eigenvalue weighted by atomic mass is 16.2. The van der Waals surface area contributed by atoms with E-state index in [1.807, 2.05) is 4.90 Å². The summed E-state index contributed by atoms with van der Waals surface area (Å²) in [6.45, 7) is 9.37. The van der Waals surface area contributed by atoms with E-state index in [1.54, 1.807) is 29.2 Å². The Balaban J connectivity index is 1.56. The molecule has 2 saturated heterocycles. The van der Waals surface area contributed by atoms with Crippen LogP contribution in [-0.4, -0.2) is 74.2 Å². The molecule has 0 aromatic carbocycles. The summed E-state index contributed by atoms with van der Waals surface area (Å²) < 4.78 is 2.05. The summed E-state index contributed by atoms with van der Waals surface area (Å²) in [5.74, 6) is 0.601. The molecule has 8 nitrogen and oxygen atoms in total. The smallest absolute Gasteiger partial charge is 0.245 e. The van der Waals surface area contributed by atoms with Gasteiger partial charge in [0.05, 0.1) is 25.1 Å². The lowest BCUT2D eigenvalue weighted by Gasteiger charge is -2.39. The highest BCUT2D eigenvalue weighted by Crippen LogP contribution is 2.18. The molecule has 0 aliphatic carbocycles. The van der Waals surface area contributed by atoms with Crippen LogP contribution in [-0.2, 0) is 27.5 Å². The molecule has 2 aliphatic heterocycles. The molecule has 3 rings (SSSR count). The number of rotatable bonds is 8. The zero-order valence-corrected chi connectivity index (χ0v) is 17.1. The van der Waals surface area contributed by atoms with Crippen molar-refractivity contribution in [2.24, 2.45) is 5.92 Å². The van der Waals surface area contributed by atoms with Gasteiger partial charge in [-0.1, -0.05) is 13.8 Å². The molecule has 8 heteroatoms. The molecule has 2 aliphatic rings. The van der Waals surface area contributed by atoms with Crippen molar-refractivity contribution in [3.8, 4) is 0 Å². The maximum absolute atomic E-state index is 12.8. The van der Waals surface area contributed by atoms with Gasteiger partial charge in [0.25, 0.3) is 0 Å². The van der Waals surface area contributed by atoms with Crippen LogP contribution in [0.5, 0.6) is 0 Å². The minimum absolute atomic E-state index is 0.0257. The second-order valence-corrected chi connectivity index (χ2v) is 8.23. The van der Waals surface area contributed by atoms with E-state index < -0.39 is 6.04 Å². The van der Waals surface area contributed by atoms with Crippen LogP contribution in [0.15, 0.2) is 12.5 Å². The molecule has 1 aromatic heterocycles. The maximum atomic E-state index is 12.8. The second-order valence-electron chi connectivity index (χ2n) is 8.23. The van der Waals surface area contributed by atoms with Gasteiger partial charge in [0.15, 0.2) is 0 Å². The van der Waals surface area contributed by atoms with Crippen LogP contribution in [0.2, 0.25) is 0 Å². The van der Waals surface area contributed by atoms with Crippen LogP contribution < -0.4 is 0 Å². The van der Waals surface area contributed by atoms with Crippen LogP contribution in [0.3, 0.4) is 0 Å². The molecule has 3 heterocycles. The third kappa shape index (κ3) is 4.54. The van der Waals surface area contributed by atoms with Crippen molar-refractivity contribution >= 4 is 17.7 Å². The van der Waals surface area contributed by atoms with E-state index in [4.69, 9.17) is 0 Å². The first kappa shape index (κ1) is 20.4. The predicted octanol–water partition coefficient (Wildman–Crippen LogP) is 1.11. The lowest BCUT2D eigenvalue weighted by Crippen LogP contribution is -2.58. The van der Waals surface area contributed by atoms with Crippen molar-refractivity contribution in [1.82, 2.24) is 24.3 Å². The first-order valence-corrected chi connectivity index (χ1v) is 10.2. The molecule has 154 valence electrons. The molecule has 3 amide bonds. The summed E-state index contributed by atoms with van der Waals surface area (Å²) >= 11 is 0. The minimum Gasteiger partial charge on any atom is -0.343 e. The van der Waals surface area contributed by atoms with E-state index in [9.17, 15) is 14.4 Å². The highest BCUT2D eigenvalue weighted by Gasteiger charge is 2.36. The molecule has 0 unspecified atom stereocenters. The molecular weight excluding hydrogens is 358 g/mol. The van der Waals surface area contributed by atoms with Crippen molar-refractivity contribution < 1.29 is 14.4 Å². The number of hydrogen-bond donors (Lipinski definition) is 0. The predicted molar refractivity (Wildman–Crippen MR) is 104 cm³/mol. The van der Waals surface area contributed by atoms with Gasteiger partial charge in [-0.2, -0.15) is 0 Å². The van der Waals surface area contributed by atoms with E-state index in [2.05, 4.69) is 23.4 Å². The van der Waals surface area contributed by atoms with E-state index in [-0.39, 0.29) is 24.3 Å². The molecule has 1 aromatic rings. The van der Waals surface area contributed by atoms with Crippen molar-refractivity contribution in [1.29, 1.82) is 0 Å². The van der Waals surface area contributed by atoms with Gasteiger partial charge in [-0.25, -0.2) is 4.98 Å². The van der Waals surface area contributed by atoms with Gasteiger partial charge in [-0.05, 0) is 25.7 Å². The van der Waals surface area contributed by atoms with Gasteiger partial charge in [-0.3, -0.25) is 14.4 Å². The summed E-state index contributed by atoms with van der Waals surface area (Å²) in [7, 11) is 0. The van der Waals surface area contributed by atoms with Crippen LogP contribution in [0, 0.1) is 5.92 Å². The van der Waals surface area contributed by atoms with E-state index in [0.29, 0.717) is 38.4 Å². The summed E-state index contributed by atoms with van der Waals surface area (Å²) in [5, 5.41) is 0. The summed E-state index contributed by atoms with van der Waals surface area (Å²) in [5.41, 5.74) is 0.947. The Morgan fingerprint density at radius 1 is 1.14 bits per heavy atom. The van der Waals surface area contributed by atoms with Gasteiger partial charge in [0, 0.05) is 38.8 Å².